The molecule has 0 aliphatic rings. The zero-order chi connectivity index (χ0) is 41.0. The summed E-state index contributed by atoms with van der Waals surface area (Å²) in [6, 6.07) is 24.7. The Morgan fingerprint density at radius 2 is 0.500 bits per heavy atom. The maximum atomic E-state index is 12.9. The van der Waals surface area contributed by atoms with Gasteiger partial charge < -0.3 is 0 Å². The van der Waals surface area contributed by atoms with Crippen molar-refractivity contribution < 1.29 is 50.4 Å². The van der Waals surface area contributed by atoms with Crippen molar-refractivity contribution in [3.63, 3.8) is 0 Å². The van der Waals surface area contributed by atoms with Gasteiger partial charge in [-0.2, -0.15) is 33.7 Å². The molecular weight excluding hydrogens is 805 g/mol. The molecule has 4 aromatic carbocycles. The third-order valence-electron chi connectivity index (χ3n) is 8.56. The first kappa shape index (κ1) is 45.1. The van der Waals surface area contributed by atoms with Crippen molar-refractivity contribution in [1.29, 1.82) is 0 Å². The van der Waals surface area contributed by atoms with Gasteiger partial charge in [-0.3, -0.25) is 26.5 Å². The molecule has 306 valence electrons. The summed E-state index contributed by atoms with van der Waals surface area (Å²) in [6.07, 6.45) is 0. The highest BCUT2D eigenvalue weighted by Gasteiger charge is 2.21. The molecule has 0 atom stereocenters. The van der Waals surface area contributed by atoms with E-state index in [9.17, 15) is 33.7 Å². The van der Waals surface area contributed by atoms with Crippen LogP contribution in [0.5, 0.6) is 0 Å². The van der Waals surface area contributed by atoms with Crippen molar-refractivity contribution in [2.75, 3.05) is 65.7 Å². The summed E-state index contributed by atoms with van der Waals surface area (Å²) in [5.41, 5.74) is 3.49. The van der Waals surface area contributed by atoms with Gasteiger partial charge >= 0.3 is 0 Å². The smallest absolute Gasteiger partial charge is 0.297 e. The minimum Gasteiger partial charge on any atom is -0.297 e. The molecule has 0 aliphatic carbocycles. The number of nitrogens with zero attached hydrogens (tertiary/aromatic N) is 2. The molecule has 0 heterocycles. The Hall–Kier alpha value is -3.56. The van der Waals surface area contributed by atoms with E-state index in [0.29, 0.717) is 0 Å². The lowest BCUT2D eigenvalue weighted by Gasteiger charge is -2.27. The van der Waals surface area contributed by atoms with Crippen LogP contribution in [0.15, 0.2) is 117 Å². The van der Waals surface area contributed by atoms with E-state index in [-0.39, 0.29) is 85.3 Å². The van der Waals surface area contributed by atoms with Gasteiger partial charge in [0.1, 0.15) is 0 Å². The van der Waals surface area contributed by atoms with Crippen molar-refractivity contribution in [3.8, 4) is 0 Å². The molecule has 0 saturated carbocycles. The normalized spacial score (nSPS) is 12.8. The van der Waals surface area contributed by atoms with E-state index < -0.39 is 40.5 Å². The first-order chi connectivity index (χ1) is 26.4. The van der Waals surface area contributed by atoms with E-state index in [1.165, 1.54) is 48.5 Å². The van der Waals surface area contributed by atoms with E-state index in [4.69, 9.17) is 16.7 Å². The molecule has 18 heteroatoms. The Bertz CT molecular complexity index is 1970. The number of aryl methyl sites for hydroxylation is 4. The van der Waals surface area contributed by atoms with Gasteiger partial charge in [-0.1, -0.05) is 70.8 Å². The van der Waals surface area contributed by atoms with E-state index in [0.717, 1.165) is 22.3 Å². The summed E-state index contributed by atoms with van der Waals surface area (Å²) in [5.74, 6) is 0. The fourth-order valence-electron chi connectivity index (χ4n) is 5.15. The maximum absolute atomic E-state index is 12.9. The Morgan fingerprint density at radius 3 is 0.679 bits per heavy atom. The second-order valence-electron chi connectivity index (χ2n) is 13.0. The molecule has 0 radical (unpaired) electrons. The first-order valence-corrected chi connectivity index (χ1v) is 23.3. The molecular formula is C38H48N2O12S4. The SMILES string of the molecule is Cc1ccc(S(=O)(=O)OCCN(CCOS(=O)(=O)c2ccc(C)cc2)CCN(CCOS(=O)(=O)c2ccc(C)cc2)CCOS(=O)(=O)c2ccc(C)cc2)cc1. The highest BCUT2D eigenvalue weighted by molar-refractivity contribution is 7.87. The zero-order valence-corrected chi connectivity index (χ0v) is 35.0. The van der Waals surface area contributed by atoms with Crippen LogP contribution in [0.4, 0.5) is 0 Å². The lowest BCUT2D eigenvalue weighted by atomic mass is 10.2. The van der Waals surface area contributed by atoms with Crippen molar-refractivity contribution in [3.05, 3.63) is 119 Å². The Morgan fingerprint density at radius 1 is 0.321 bits per heavy atom. The van der Waals surface area contributed by atoms with Gasteiger partial charge in [-0.25, -0.2) is 0 Å². The molecule has 0 bridgehead atoms. The summed E-state index contributed by atoms with van der Waals surface area (Å²) in [7, 11) is -16.4. The molecule has 0 saturated heterocycles. The van der Waals surface area contributed by atoms with E-state index in [2.05, 4.69) is 0 Å². The highest BCUT2D eigenvalue weighted by Crippen LogP contribution is 2.17. The van der Waals surface area contributed by atoms with Crippen LogP contribution in [-0.2, 0) is 57.2 Å². The van der Waals surface area contributed by atoms with Gasteiger partial charge in [-0.15, -0.1) is 0 Å². The first-order valence-electron chi connectivity index (χ1n) is 17.7. The van der Waals surface area contributed by atoms with Crippen molar-refractivity contribution in [2.24, 2.45) is 0 Å². The van der Waals surface area contributed by atoms with Gasteiger partial charge in [0.05, 0.1) is 46.0 Å². The monoisotopic (exact) mass is 852 g/mol. The fraction of sp³-hybridized carbons (Fsp3) is 0.368. The third kappa shape index (κ3) is 14.1. The van der Waals surface area contributed by atoms with Crippen LogP contribution in [-0.4, -0.2) is 109 Å². The predicted octanol–water partition coefficient (Wildman–Crippen LogP) is 4.45. The summed E-state index contributed by atoms with van der Waals surface area (Å²) >= 11 is 0. The van der Waals surface area contributed by atoms with Crippen LogP contribution < -0.4 is 0 Å². The molecule has 0 fully saturated rings. The number of rotatable bonds is 23. The molecule has 0 aromatic heterocycles. The molecule has 4 aromatic rings. The van der Waals surface area contributed by atoms with Crippen molar-refractivity contribution in [1.82, 2.24) is 9.80 Å². The van der Waals surface area contributed by atoms with Gasteiger partial charge in [0.15, 0.2) is 0 Å². The lowest BCUT2D eigenvalue weighted by molar-refractivity contribution is 0.137. The topological polar surface area (TPSA) is 180 Å². The van der Waals surface area contributed by atoms with Gasteiger partial charge in [0, 0.05) is 39.3 Å². The van der Waals surface area contributed by atoms with Gasteiger partial charge in [-0.05, 0) is 76.2 Å². The second kappa shape index (κ2) is 20.2. The fourth-order valence-corrected chi connectivity index (χ4v) is 8.75. The Balaban J connectivity index is 1.46. The summed E-state index contributed by atoms with van der Waals surface area (Å²) in [4.78, 5) is 3.36. The summed E-state index contributed by atoms with van der Waals surface area (Å²) in [6.45, 7) is 6.65. The number of benzene rings is 4. The molecule has 0 amide bonds. The van der Waals surface area contributed by atoms with Crippen LogP contribution in [0.2, 0.25) is 0 Å². The van der Waals surface area contributed by atoms with Crippen molar-refractivity contribution >= 4 is 40.5 Å². The van der Waals surface area contributed by atoms with Crippen LogP contribution in [0, 0.1) is 27.7 Å². The maximum Gasteiger partial charge on any atom is 0.297 e. The van der Waals surface area contributed by atoms with E-state index >= 15 is 0 Å². The molecule has 4 rings (SSSR count). The molecule has 14 nitrogen and oxygen atoms in total. The van der Waals surface area contributed by atoms with E-state index in [1.807, 2.05) is 27.7 Å². The van der Waals surface area contributed by atoms with Gasteiger partial charge in [0.2, 0.25) is 0 Å². The summed E-state index contributed by atoms with van der Waals surface area (Å²) in [5, 5.41) is 0. The average molecular weight is 853 g/mol. The molecule has 56 heavy (non-hydrogen) atoms. The Labute approximate surface area is 331 Å². The van der Waals surface area contributed by atoms with Crippen LogP contribution in [0.3, 0.4) is 0 Å². The summed E-state index contributed by atoms with van der Waals surface area (Å²) < 4.78 is 124. The lowest BCUT2D eigenvalue weighted by Crippen LogP contribution is -2.41. The molecule has 0 spiro atoms. The van der Waals surface area contributed by atoms with E-state index in [1.54, 1.807) is 58.3 Å². The zero-order valence-electron chi connectivity index (χ0n) is 31.7. The second-order valence-corrected chi connectivity index (χ2v) is 19.5. The minimum atomic E-state index is -4.10. The van der Waals surface area contributed by atoms with Gasteiger partial charge in [0.25, 0.3) is 40.5 Å². The molecule has 0 aliphatic heterocycles. The number of hydrogen-bond donors (Lipinski definition) is 0. The van der Waals surface area contributed by atoms with Crippen LogP contribution in [0.1, 0.15) is 22.3 Å². The largest absolute Gasteiger partial charge is 0.297 e. The highest BCUT2D eigenvalue weighted by atomic mass is 32.2. The van der Waals surface area contributed by atoms with Crippen LogP contribution in [0.25, 0.3) is 0 Å². The molecule has 0 N–H and O–H groups in total. The quantitative estimate of drug-likeness (QED) is 0.0956. The third-order valence-corrected chi connectivity index (χ3v) is 13.9. The predicted molar refractivity (Wildman–Crippen MR) is 210 cm³/mol. The number of hydrogen-bond acceptors (Lipinski definition) is 14. The Kier molecular flexibility index (Phi) is 16.3. The standard InChI is InChI=1S/C38H48N2O12S4/c1-31-5-13-35(14-6-31)53(41,42)49-27-23-39(24-28-50-54(43,44)36-15-7-32(2)8-16-36)21-22-40(25-29-51-55(45,46)37-17-9-33(3)10-18-37)26-30-52-56(47,48)38-19-11-34(4)12-20-38/h5-20H,21-30H2,1-4H3. The average Bonchev–Trinajstić information content (AvgIpc) is 3.14. The van der Waals surface area contributed by atoms with Crippen LogP contribution >= 0.6 is 0 Å². The molecule has 0 unspecified atom stereocenters. The van der Waals surface area contributed by atoms with Crippen molar-refractivity contribution in [2.45, 2.75) is 47.3 Å². The minimum absolute atomic E-state index is 0.0190.